The molecular weight excluding hydrogens is 545 g/mol. The van der Waals surface area contributed by atoms with Crippen LogP contribution in [-0.2, 0) is 20.9 Å². The SMILES string of the molecule is CN(CC1(C(=O)O)COC1)C(=O)NC(=Nc1ccc(Oc2ncccc2F)cc1)N(C=O)Cc1ccc(Cl)cc1. The highest BCUT2D eigenvalue weighted by Gasteiger charge is 2.47. The summed E-state index contributed by atoms with van der Waals surface area (Å²) in [6, 6.07) is 14.9. The quantitative estimate of drug-likeness (QED) is 0.225. The molecule has 1 aromatic heterocycles. The number of amides is 3. The second-order valence-corrected chi connectivity index (χ2v) is 9.48. The molecular formula is C27H25ClFN5O6. The van der Waals surface area contributed by atoms with Crippen molar-refractivity contribution in [2.45, 2.75) is 6.54 Å². The number of hydrogen-bond donors (Lipinski definition) is 2. The zero-order valence-electron chi connectivity index (χ0n) is 21.3. The van der Waals surface area contributed by atoms with Gasteiger partial charge in [-0.1, -0.05) is 23.7 Å². The van der Waals surface area contributed by atoms with E-state index >= 15 is 0 Å². The number of pyridine rings is 1. The first-order valence-corrected chi connectivity index (χ1v) is 12.3. The second kappa shape index (κ2) is 12.5. The Morgan fingerprint density at radius 2 is 1.90 bits per heavy atom. The number of carboxylic acid groups (broad SMARTS) is 1. The summed E-state index contributed by atoms with van der Waals surface area (Å²) in [5.74, 6) is -1.71. The van der Waals surface area contributed by atoms with Gasteiger partial charge < -0.3 is 19.5 Å². The van der Waals surface area contributed by atoms with Crippen LogP contribution >= 0.6 is 11.6 Å². The molecule has 3 amide bonds. The number of nitrogens with one attached hydrogen (secondary N) is 1. The van der Waals surface area contributed by atoms with Gasteiger partial charge in [0.25, 0.3) is 5.88 Å². The summed E-state index contributed by atoms with van der Waals surface area (Å²) in [6.07, 6.45) is 1.90. The minimum atomic E-state index is -1.21. The molecule has 11 nitrogen and oxygen atoms in total. The average Bonchev–Trinajstić information content (AvgIpc) is 2.92. The Balaban J connectivity index is 1.57. The van der Waals surface area contributed by atoms with E-state index in [1.807, 2.05) is 0 Å². The lowest BCUT2D eigenvalue weighted by molar-refractivity contribution is -0.181. The minimum absolute atomic E-state index is 0.0191. The third-order valence-corrected chi connectivity index (χ3v) is 6.24. The first-order chi connectivity index (χ1) is 19.2. The lowest BCUT2D eigenvalue weighted by atomic mass is 9.85. The van der Waals surface area contributed by atoms with Gasteiger partial charge in [0.1, 0.15) is 11.2 Å². The third-order valence-electron chi connectivity index (χ3n) is 5.99. The molecule has 1 aliphatic rings. The lowest BCUT2D eigenvalue weighted by Crippen LogP contribution is -2.58. The normalized spacial score (nSPS) is 14.0. The van der Waals surface area contributed by atoms with E-state index in [0.717, 1.165) is 0 Å². The molecule has 0 unspecified atom stereocenters. The molecule has 0 saturated carbocycles. The van der Waals surface area contributed by atoms with Crippen LogP contribution < -0.4 is 10.1 Å². The van der Waals surface area contributed by atoms with Gasteiger partial charge in [0.15, 0.2) is 5.82 Å². The summed E-state index contributed by atoms with van der Waals surface area (Å²) in [7, 11) is 1.43. The fraction of sp³-hybridized carbons (Fsp3) is 0.222. The molecule has 0 spiro atoms. The number of hydrogen-bond acceptors (Lipinski definition) is 7. The van der Waals surface area contributed by atoms with E-state index in [2.05, 4.69) is 15.3 Å². The summed E-state index contributed by atoms with van der Waals surface area (Å²) in [5.41, 5.74) is -0.159. The maximum Gasteiger partial charge on any atom is 0.323 e. The van der Waals surface area contributed by atoms with E-state index < -0.39 is 23.2 Å². The highest BCUT2D eigenvalue weighted by atomic mass is 35.5. The Hall–Kier alpha value is -4.55. The first kappa shape index (κ1) is 28.5. The number of urea groups is 1. The molecule has 1 aliphatic heterocycles. The molecule has 2 heterocycles. The predicted molar refractivity (Wildman–Crippen MR) is 143 cm³/mol. The molecule has 4 rings (SSSR count). The summed E-state index contributed by atoms with van der Waals surface area (Å²) in [5, 5.41) is 12.7. The molecule has 208 valence electrons. The van der Waals surface area contributed by atoms with Crippen molar-refractivity contribution in [3.63, 3.8) is 0 Å². The molecule has 0 radical (unpaired) electrons. The Kier molecular flexibility index (Phi) is 8.92. The summed E-state index contributed by atoms with van der Waals surface area (Å²) >= 11 is 5.96. The molecule has 0 aliphatic carbocycles. The van der Waals surface area contributed by atoms with Gasteiger partial charge >= 0.3 is 12.0 Å². The highest BCUT2D eigenvalue weighted by Crippen LogP contribution is 2.29. The van der Waals surface area contributed by atoms with Gasteiger partial charge in [-0.05, 0) is 54.1 Å². The van der Waals surface area contributed by atoms with Crippen LogP contribution in [0.3, 0.4) is 0 Å². The number of halogens is 2. The van der Waals surface area contributed by atoms with Crippen molar-refractivity contribution in [2.75, 3.05) is 26.8 Å². The van der Waals surface area contributed by atoms with Crippen molar-refractivity contribution < 1.29 is 33.4 Å². The number of nitrogens with zero attached hydrogens (tertiary/aromatic N) is 4. The molecule has 13 heteroatoms. The number of ether oxygens (including phenoxy) is 2. The Morgan fingerprint density at radius 1 is 1.20 bits per heavy atom. The Bertz CT molecular complexity index is 1400. The lowest BCUT2D eigenvalue weighted by Gasteiger charge is -2.39. The smallest absolute Gasteiger partial charge is 0.323 e. The van der Waals surface area contributed by atoms with E-state index in [1.165, 1.54) is 47.3 Å². The van der Waals surface area contributed by atoms with Crippen molar-refractivity contribution >= 4 is 41.7 Å². The minimum Gasteiger partial charge on any atom is -0.481 e. The first-order valence-electron chi connectivity index (χ1n) is 12.0. The monoisotopic (exact) mass is 569 g/mol. The van der Waals surface area contributed by atoms with Crippen LogP contribution in [-0.4, -0.2) is 71.1 Å². The van der Waals surface area contributed by atoms with Crippen LogP contribution in [0.1, 0.15) is 5.56 Å². The maximum atomic E-state index is 13.9. The van der Waals surface area contributed by atoms with Crippen molar-refractivity contribution in [3.05, 3.63) is 83.3 Å². The van der Waals surface area contributed by atoms with Gasteiger partial charge in [0.2, 0.25) is 12.4 Å². The van der Waals surface area contributed by atoms with Gasteiger partial charge in [-0.25, -0.2) is 19.2 Å². The molecule has 2 N–H and O–H groups in total. The van der Waals surface area contributed by atoms with E-state index in [4.69, 9.17) is 21.1 Å². The van der Waals surface area contributed by atoms with Gasteiger partial charge in [-0.15, -0.1) is 0 Å². The summed E-state index contributed by atoms with van der Waals surface area (Å²) in [6.45, 7) is -0.101. The van der Waals surface area contributed by atoms with Crippen molar-refractivity contribution in [3.8, 4) is 11.6 Å². The summed E-state index contributed by atoms with van der Waals surface area (Å²) in [4.78, 5) is 47.6. The van der Waals surface area contributed by atoms with Crippen LogP contribution in [0.4, 0.5) is 14.9 Å². The third kappa shape index (κ3) is 6.90. The largest absolute Gasteiger partial charge is 0.481 e. The maximum absolute atomic E-state index is 13.9. The van der Waals surface area contributed by atoms with Crippen molar-refractivity contribution in [2.24, 2.45) is 10.4 Å². The van der Waals surface area contributed by atoms with Crippen LogP contribution in [0.25, 0.3) is 0 Å². The zero-order chi connectivity index (χ0) is 28.7. The average molecular weight is 570 g/mol. The van der Waals surface area contributed by atoms with Gasteiger partial charge in [0.05, 0.1) is 25.4 Å². The van der Waals surface area contributed by atoms with E-state index in [-0.39, 0.29) is 43.9 Å². The van der Waals surface area contributed by atoms with E-state index in [0.29, 0.717) is 22.7 Å². The van der Waals surface area contributed by atoms with Crippen LogP contribution in [0, 0.1) is 11.2 Å². The van der Waals surface area contributed by atoms with Crippen LogP contribution in [0.5, 0.6) is 11.6 Å². The molecule has 1 fully saturated rings. The number of carboxylic acids is 1. The van der Waals surface area contributed by atoms with Gasteiger partial charge in [0, 0.05) is 24.8 Å². The van der Waals surface area contributed by atoms with Crippen LogP contribution in [0.15, 0.2) is 71.9 Å². The topological polar surface area (TPSA) is 134 Å². The number of carbonyl (C=O) groups excluding carboxylic acids is 2. The zero-order valence-corrected chi connectivity index (χ0v) is 22.0. The second-order valence-electron chi connectivity index (χ2n) is 9.05. The predicted octanol–water partition coefficient (Wildman–Crippen LogP) is 4.06. The number of aliphatic carboxylic acids is 1. The van der Waals surface area contributed by atoms with Gasteiger partial charge in [-0.2, -0.15) is 0 Å². The number of aromatic nitrogens is 1. The Morgan fingerprint density at radius 3 is 2.48 bits per heavy atom. The highest BCUT2D eigenvalue weighted by molar-refractivity contribution is 6.30. The fourth-order valence-corrected chi connectivity index (χ4v) is 3.86. The molecule has 0 bridgehead atoms. The molecule has 3 aromatic rings. The molecule has 1 saturated heterocycles. The fourth-order valence-electron chi connectivity index (χ4n) is 3.73. The molecule has 0 atom stereocenters. The molecule has 40 heavy (non-hydrogen) atoms. The number of rotatable bonds is 9. The Labute approximate surface area is 233 Å². The van der Waals surface area contributed by atoms with Crippen LogP contribution in [0.2, 0.25) is 5.02 Å². The van der Waals surface area contributed by atoms with E-state index in [1.54, 1.807) is 36.4 Å². The van der Waals surface area contributed by atoms with Crippen molar-refractivity contribution in [1.29, 1.82) is 0 Å². The van der Waals surface area contributed by atoms with Crippen molar-refractivity contribution in [1.82, 2.24) is 20.1 Å². The number of aliphatic imine (C=N–C) groups is 1. The molecule has 2 aromatic carbocycles. The standard InChI is InChI=1S/C27H25ClFN5O6/c1-33(14-27(24(36)37)15-39-16-27)26(38)32-25(34(17-35)13-18-4-6-19(28)7-5-18)31-20-8-10-21(11-9-20)40-23-22(29)3-2-12-30-23/h2-12,17H,13-16H2,1H3,(H,36,37)(H,31,32,38). The summed E-state index contributed by atoms with van der Waals surface area (Å²) < 4.78 is 24.4. The van der Waals surface area contributed by atoms with Gasteiger partial charge in [-0.3, -0.25) is 19.8 Å². The van der Waals surface area contributed by atoms with E-state index in [9.17, 15) is 23.9 Å². The number of guanidine groups is 1. The number of benzene rings is 2. The number of carbonyl (C=O) groups is 3.